The van der Waals surface area contributed by atoms with Gasteiger partial charge in [-0.1, -0.05) is 37.5 Å². The summed E-state index contributed by atoms with van der Waals surface area (Å²) in [5, 5.41) is 4.10. The molecule has 1 saturated carbocycles. The molecule has 1 heterocycles. The van der Waals surface area contributed by atoms with Crippen molar-refractivity contribution < 1.29 is 9.53 Å². The van der Waals surface area contributed by atoms with Crippen LogP contribution < -0.4 is 10.1 Å². The summed E-state index contributed by atoms with van der Waals surface area (Å²) < 4.78 is 7.62. The number of carbonyl (C=O) groups is 1. The first kappa shape index (κ1) is 15.8. The summed E-state index contributed by atoms with van der Waals surface area (Å²) in [6, 6.07) is 18.2. The van der Waals surface area contributed by atoms with Crippen molar-refractivity contribution >= 4 is 17.0 Å². The van der Waals surface area contributed by atoms with E-state index < -0.39 is 0 Å². The summed E-state index contributed by atoms with van der Waals surface area (Å²) in [4.78, 5) is 12.2. The second-order valence-corrected chi connectivity index (χ2v) is 6.61. The van der Waals surface area contributed by atoms with Crippen LogP contribution in [-0.2, 0) is 0 Å². The normalized spacial score (nSPS) is 15.2. The number of fused-ring (bicyclic) bond motifs is 1. The Morgan fingerprint density at radius 3 is 2.60 bits per heavy atom. The average Bonchev–Trinajstić information content (AvgIpc) is 3.06. The van der Waals surface area contributed by atoms with Crippen molar-refractivity contribution in [2.45, 2.75) is 38.1 Å². The molecular weight excluding hydrogens is 312 g/mol. The highest BCUT2D eigenvalue weighted by atomic mass is 16.6. The average molecular weight is 334 g/mol. The van der Waals surface area contributed by atoms with E-state index in [1.807, 2.05) is 42.6 Å². The molecular formula is C21H22N2O2. The summed E-state index contributed by atoms with van der Waals surface area (Å²) in [6.07, 6.45) is 7.40. The van der Waals surface area contributed by atoms with Crippen molar-refractivity contribution in [1.82, 2.24) is 9.88 Å². The standard InChI is InChI=1S/C21H22N2O2/c24-21(22-17-7-3-1-4-8-17)25-19-12-11-16-13-14-23(20(16)15-19)18-9-5-2-6-10-18/h2,5-6,9-15,17H,1,3-4,7-8H2,(H,22,24). The molecule has 4 rings (SSSR count). The molecule has 3 aromatic rings. The third kappa shape index (κ3) is 3.53. The van der Waals surface area contributed by atoms with Gasteiger partial charge in [0.2, 0.25) is 0 Å². The van der Waals surface area contributed by atoms with Crippen molar-refractivity contribution in [3.63, 3.8) is 0 Å². The molecule has 0 radical (unpaired) electrons. The maximum absolute atomic E-state index is 12.2. The van der Waals surface area contributed by atoms with Crippen molar-refractivity contribution in [3.8, 4) is 11.4 Å². The molecule has 4 heteroatoms. The van der Waals surface area contributed by atoms with Crippen LogP contribution in [0, 0.1) is 0 Å². The molecule has 0 saturated heterocycles. The number of hydrogen-bond acceptors (Lipinski definition) is 2. The molecule has 128 valence electrons. The largest absolute Gasteiger partial charge is 0.412 e. The Hall–Kier alpha value is -2.75. The van der Waals surface area contributed by atoms with E-state index in [-0.39, 0.29) is 12.1 Å². The van der Waals surface area contributed by atoms with Gasteiger partial charge < -0.3 is 14.6 Å². The minimum absolute atomic E-state index is 0.248. The van der Waals surface area contributed by atoms with Gasteiger partial charge in [-0.25, -0.2) is 4.79 Å². The third-order valence-corrected chi connectivity index (χ3v) is 4.84. The van der Waals surface area contributed by atoms with Gasteiger partial charge in [0, 0.05) is 29.4 Å². The highest BCUT2D eigenvalue weighted by Gasteiger charge is 2.17. The predicted molar refractivity (Wildman–Crippen MR) is 99.3 cm³/mol. The predicted octanol–water partition coefficient (Wildman–Crippen LogP) is 5.05. The van der Waals surface area contributed by atoms with E-state index in [9.17, 15) is 4.79 Å². The van der Waals surface area contributed by atoms with E-state index in [0.717, 1.165) is 29.4 Å². The van der Waals surface area contributed by atoms with Crippen LogP contribution in [0.2, 0.25) is 0 Å². The first-order valence-electron chi connectivity index (χ1n) is 8.94. The molecule has 1 N–H and O–H groups in total. The monoisotopic (exact) mass is 334 g/mol. The van der Waals surface area contributed by atoms with Gasteiger partial charge in [0.25, 0.3) is 0 Å². The van der Waals surface area contributed by atoms with Gasteiger partial charge in [-0.15, -0.1) is 0 Å². The molecule has 0 spiro atoms. The number of hydrogen-bond donors (Lipinski definition) is 1. The number of nitrogens with one attached hydrogen (secondary N) is 1. The minimum atomic E-state index is -0.357. The minimum Gasteiger partial charge on any atom is -0.410 e. The lowest BCUT2D eigenvalue weighted by atomic mass is 9.96. The molecule has 1 aromatic heterocycles. The van der Waals surface area contributed by atoms with Crippen LogP contribution in [0.3, 0.4) is 0 Å². The van der Waals surface area contributed by atoms with Gasteiger partial charge in [-0.3, -0.25) is 0 Å². The number of aromatic nitrogens is 1. The molecule has 0 atom stereocenters. The highest BCUT2D eigenvalue weighted by molar-refractivity contribution is 5.84. The quantitative estimate of drug-likeness (QED) is 0.728. The molecule has 1 amide bonds. The molecule has 25 heavy (non-hydrogen) atoms. The summed E-state index contributed by atoms with van der Waals surface area (Å²) in [6.45, 7) is 0. The van der Waals surface area contributed by atoms with Crippen LogP contribution in [0.5, 0.6) is 5.75 Å². The van der Waals surface area contributed by atoms with Crippen molar-refractivity contribution in [3.05, 3.63) is 60.8 Å². The van der Waals surface area contributed by atoms with Crippen LogP contribution >= 0.6 is 0 Å². The number of ether oxygens (including phenoxy) is 1. The van der Waals surface area contributed by atoms with Gasteiger partial charge in [0.1, 0.15) is 5.75 Å². The lowest BCUT2D eigenvalue weighted by Gasteiger charge is -2.22. The fourth-order valence-corrected chi connectivity index (χ4v) is 3.54. The molecule has 4 nitrogen and oxygen atoms in total. The zero-order valence-electron chi connectivity index (χ0n) is 14.2. The SMILES string of the molecule is O=C(NC1CCCCC1)Oc1ccc2ccn(-c3ccccc3)c2c1. The molecule has 0 unspecified atom stereocenters. The van der Waals surface area contributed by atoms with Crippen molar-refractivity contribution in [2.75, 3.05) is 0 Å². The summed E-state index contributed by atoms with van der Waals surface area (Å²) in [7, 11) is 0. The first-order chi connectivity index (χ1) is 12.3. The van der Waals surface area contributed by atoms with Gasteiger partial charge in [0.15, 0.2) is 0 Å². The van der Waals surface area contributed by atoms with Crippen LogP contribution in [0.4, 0.5) is 4.79 Å². The Balaban J connectivity index is 1.53. The van der Waals surface area contributed by atoms with Gasteiger partial charge in [0.05, 0.1) is 5.52 Å². The molecule has 2 aromatic carbocycles. The Labute approximate surface area is 147 Å². The molecule has 0 aliphatic heterocycles. The van der Waals surface area contributed by atoms with Gasteiger partial charge in [-0.2, -0.15) is 0 Å². The number of benzene rings is 2. The van der Waals surface area contributed by atoms with E-state index in [0.29, 0.717) is 5.75 Å². The maximum atomic E-state index is 12.2. The fraction of sp³-hybridized carbons (Fsp3) is 0.286. The van der Waals surface area contributed by atoms with Crippen LogP contribution in [-0.4, -0.2) is 16.7 Å². The lowest BCUT2D eigenvalue weighted by molar-refractivity contribution is 0.192. The molecule has 1 aliphatic carbocycles. The van der Waals surface area contributed by atoms with E-state index in [1.165, 1.54) is 19.3 Å². The highest BCUT2D eigenvalue weighted by Crippen LogP contribution is 2.25. The van der Waals surface area contributed by atoms with Gasteiger partial charge >= 0.3 is 6.09 Å². The van der Waals surface area contributed by atoms with E-state index in [2.05, 4.69) is 28.1 Å². The Morgan fingerprint density at radius 1 is 1.00 bits per heavy atom. The number of rotatable bonds is 3. The summed E-state index contributed by atoms with van der Waals surface area (Å²) >= 11 is 0. The van der Waals surface area contributed by atoms with Crippen molar-refractivity contribution in [2.24, 2.45) is 0 Å². The summed E-state index contributed by atoms with van der Waals surface area (Å²) in [5.74, 6) is 0.566. The second-order valence-electron chi connectivity index (χ2n) is 6.61. The van der Waals surface area contributed by atoms with Gasteiger partial charge in [-0.05, 0) is 43.2 Å². The molecule has 0 bridgehead atoms. The van der Waals surface area contributed by atoms with Crippen LogP contribution in [0.1, 0.15) is 32.1 Å². The van der Waals surface area contributed by atoms with E-state index in [1.54, 1.807) is 0 Å². The topological polar surface area (TPSA) is 43.3 Å². The second kappa shape index (κ2) is 7.01. The number of carbonyl (C=O) groups excluding carboxylic acids is 1. The molecule has 1 fully saturated rings. The van der Waals surface area contributed by atoms with E-state index in [4.69, 9.17) is 4.74 Å². The third-order valence-electron chi connectivity index (χ3n) is 4.84. The zero-order valence-corrected chi connectivity index (χ0v) is 14.2. The lowest BCUT2D eigenvalue weighted by Crippen LogP contribution is -2.37. The van der Waals surface area contributed by atoms with Crippen LogP contribution in [0.25, 0.3) is 16.6 Å². The Bertz CT molecular complexity index is 864. The fourth-order valence-electron chi connectivity index (χ4n) is 3.54. The van der Waals surface area contributed by atoms with E-state index >= 15 is 0 Å². The first-order valence-corrected chi connectivity index (χ1v) is 8.94. The zero-order chi connectivity index (χ0) is 17.1. The van der Waals surface area contributed by atoms with Crippen molar-refractivity contribution in [1.29, 1.82) is 0 Å². The Kier molecular flexibility index (Phi) is 4.42. The maximum Gasteiger partial charge on any atom is 0.412 e. The number of nitrogens with zero attached hydrogens (tertiary/aromatic N) is 1. The molecule has 1 aliphatic rings. The number of amides is 1. The number of para-hydroxylation sites is 1. The summed E-state index contributed by atoms with van der Waals surface area (Å²) in [5.41, 5.74) is 2.11. The smallest absolute Gasteiger partial charge is 0.410 e. The van der Waals surface area contributed by atoms with Crippen LogP contribution in [0.15, 0.2) is 60.8 Å². The Morgan fingerprint density at radius 2 is 1.80 bits per heavy atom.